The number of hydrogen-bond acceptors (Lipinski definition) is 3. The highest BCUT2D eigenvalue weighted by Crippen LogP contribution is 2.26. The van der Waals surface area contributed by atoms with Crippen LogP contribution in [0.2, 0.25) is 10.0 Å². The molecule has 2 aromatic rings. The summed E-state index contributed by atoms with van der Waals surface area (Å²) in [7, 11) is 0. The maximum atomic E-state index is 13.3. The minimum absolute atomic E-state index is 0.127. The second-order valence-corrected chi connectivity index (χ2v) is 8.87. The molecule has 1 atom stereocenters. The molecule has 1 fully saturated rings. The molecule has 1 aliphatic heterocycles. The number of nitrogens with zero attached hydrogens (tertiary/aromatic N) is 2. The molecule has 1 unspecified atom stereocenters. The first-order valence-corrected chi connectivity index (χ1v) is 11.6. The van der Waals surface area contributed by atoms with Crippen LogP contribution in [0.1, 0.15) is 36.5 Å². The van der Waals surface area contributed by atoms with E-state index in [0.29, 0.717) is 53.6 Å². The van der Waals surface area contributed by atoms with Crippen LogP contribution in [-0.4, -0.2) is 53.7 Å². The molecule has 0 aliphatic carbocycles. The van der Waals surface area contributed by atoms with Crippen molar-refractivity contribution in [2.75, 3.05) is 31.5 Å². The lowest BCUT2D eigenvalue weighted by Crippen LogP contribution is -2.48. The van der Waals surface area contributed by atoms with E-state index in [1.54, 1.807) is 23.1 Å². The van der Waals surface area contributed by atoms with Crippen LogP contribution < -0.4 is 5.32 Å². The molecule has 0 bridgehead atoms. The summed E-state index contributed by atoms with van der Waals surface area (Å²) in [5.41, 5.74) is 0.763. The van der Waals surface area contributed by atoms with Crippen molar-refractivity contribution in [3.05, 3.63) is 63.9 Å². The molecular weight excluding hydrogens is 468 g/mol. The molecule has 0 spiro atoms. The van der Waals surface area contributed by atoms with Gasteiger partial charge in [0.1, 0.15) is 5.82 Å². The highest BCUT2D eigenvalue weighted by atomic mass is 35.5. The van der Waals surface area contributed by atoms with Gasteiger partial charge in [0.2, 0.25) is 11.8 Å². The Morgan fingerprint density at radius 2 is 1.88 bits per heavy atom. The Morgan fingerprint density at radius 3 is 2.58 bits per heavy atom. The average Bonchev–Trinajstić information content (AvgIpc) is 2.81. The van der Waals surface area contributed by atoms with Gasteiger partial charge in [0.25, 0.3) is 5.91 Å². The van der Waals surface area contributed by atoms with E-state index >= 15 is 0 Å². The van der Waals surface area contributed by atoms with Gasteiger partial charge in [0.15, 0.2) is 0 Å². The zero-order chi connectivity index (χ0) is 24.0. The summed E-state index contributed by atoms with van der Waals surface area (Å²) in [5, 5.41) is 3.49. The predicted octanol–water partition coefficient (Wildman–Crippen LogP) is 4.86. The molecular formula is C24H26Cl2FN3O3. The number of benzene rings is 2. The first-order chi connectivity index (χ1) is 15.8. The highest BCUT2D eigenvalue weighted by molar-refractivity contribution is 6.35. The number of hydrogen-bond donors (Lipinski definition) is 1. The molecule has 176 valence electrons. The van der Waals surface area contributed by atoms with Crippen LogP contribution in [-0.2, 0) is 9.59 Å². The monoisotopic (exact) mass is 493 g/mol. The highest BCUT2D eigenvalue weighted by Gasteiger charge is 2.32. The van der Waals surface area contributed by atoms with E-state index < -0.39 is 11.7 Å². The summed E-state index contributed by atoms with van der Waals surface area (Å²) in [4.78, 5) is 41.8. The number of amides is 3. The summed E-state index contributed by atoms with van der Waals surface area (Å²) in [6, 6.07) is 10.1. The molecule has 1 aliphatic rings. The van der Waals surface area contributed by atoms with Crippen LogP contribution >= 0.6 is 23.2 Å². The van der Waals surface area contributed by atoms with Crippen LogP contribution in [0.5, 0.6) is 0 Å². The first kappa shape index (κ1) is 25.0. The molecule has 1 N–H and O–H groups in total. The standard InChI is InChI=1S/C24H26Cl2FN3O3/c1-2-11-29(15-22(31)28-21-13-18(25)7-10-20(21)26)24(33)17-4-3-12-30(14-17)23(32)16-5-8-19(27)9-6-16/h5-10,13,17H,2-4,11-12,14-15H2,1H3,(H,28,31). The molecule has 1 saturated heterocycles. The average molecular weight is 494 g/mol. The number of carbonyl (C=O) groups is 3. The van der Waals surface area contributed by atoms with Crippen LogP contribution in [0.15, 0.2) is 42.5 Å². The van der Waals surface area contributed by atoms with Gasteiger partial charge in [-0.3, -0.25) is 14.4 Å². The summed E-state index contributed by atoms with van der Waals surface area (Å²) < 4.78 is 13.2. The zero-order valence-electron chi connectivity index (χ0n) is 18.3. The van der Waals surface area contributed by atoms with Gasteiger partial charge >= 0.3 is 0 Å². The molecule has 0 radical (unpaired) electrons. The molecule has 1 heterocycles. The van der Waals surface area contributed by atoms with Crippen molar-refractivity contribution in [1.82, 2.24) is 9.80 Å². The Hall–Kier alpha value is -2.64. The minimum atomic E-state index is -0.411. The quantitative estimate of drug-likeness (QED) is 0.598. The number of halogens is 3. The fourth-order valence-corrected chi connectivity index (χ4v) is 4.23. The normalized spacial score (nSPS) is 15.8. The first-order valence-electron chi connectivity index (χ1n) is 10.9. The summed E-state index contributed by atoms with van der Waals surface area (Å²) >= 11 is 12.1. The van der Waals surface area contributed by atoms with Crippen LogP contribution in [0.3, 0.4) is 0 Å². The second kappa shape index (κ2) is 11.5. The van der Waals surface area contributed by atoms with Gasteiger partial charge in [0.05, 0.1) is 23.2 Å². The van der Waals surface area contributed by atoms with E-state index in [9.17, 15) is 18.8 Å². The Kier molecular flexibility index (Phi) is 8.69. The van der Waals surface area contributed by atoms with Crippen LogP contribution in [0.4, 0.5) is 10.1 Å². The van der Waals surface area contributed by atoms with Crippen molar-refractivity contribution >= 4 is 46.6 Å². The Morgan fingerprint density at radius 1 is 1.15 bits per heavy atom. The van der Waals surface area contributed by atoms with E-state index in [-0.39, 0.29) is 30.8 Å². The number of carbonyl (C=O) groups excluding carboxylic acids is 3. The fourth-order valence-electron chi connectivity index (χ4n) is 3.89. The van der Waals surface area contributed by atoms with E-state index in [1.807, 2.05) is 6.92 Å². The number of nitrogens with one attached hydrogen (secondary N) is 1. The molecule has 0 saturated carbocycles. The smallest absolute Gasteiger partial charge is 0.253 e. The molecule has 33 heavy (non-hydrogen) atoms. The van der Waals surface area contributed by atoms with Crippen molar-refractivity contribution in [2.24, 2.45) is 5.92 Å². The summed E-state index contributed by atoms with van der Waals surface area (Å²) in [6.45, 7) is 3.01. The number of likely N-dealkylation sites (tertiary alicyclic amines) is 1. The van der Waals surface area contributed by atoms with Crippen molar-refractivity contribution < 1.29 is 18.8 Å². The fraction of sp³-hybridized carbons (Fsp3) is 0.375. The second-order valence-electron chi connectivity index (χ2n) is 8.03. The van der Waals surface area contributed by atoms with Gasteiger partial charge < -0.3 is 15.1 Å². The van der Waals surface area contributed by atoms with E-state index in [4.69, 9.17) is 23.2 Å². The van der Waals surface area contributed by atoms with Gasteiger partial charge in [-0.1, -0.05) is 30.1 Å². The molecule has 3 amide bonds. The van der Waals surface area contributed by atoms with Crippen molar-refractivity contribution in [3.63, 3.8) is 0 Å². The van der Waals surface area contributed by atoms with Crippen LogP contribution in [0.25, 0.3) is 0 Å². The van der Waals surface area contributed by atoms with Crippen molar-refractivity contribution in [3.8, 4) is 0 Å². The SMILES string of the molecule is CCCN(CC(=O)Nc1cc(Cl)ccc1Cl)C(=O)C1CCCN(C(=O)c2ccc(F)cc2)C1. The summed E-state index contributed by atoms with van der Waals surface area (Å²) in [6.07, 6.45) is 1.99. The van der Waals surface area contributed by atoms with Gasteiger partial charge in [-0.25, -0.2) is 4.39 Å². The summed E-state index contributed by atoms with van der Waals surface area (Å²) in [5.74, 6) is -1.59. The minimum Gasteiger partial charge on any atom is -0.338 e. The Bertz CT molecular complexity index is 1020. The van der Waals surface area contributed by atoms with Gasteiger partial charge in [-0.2, -0.15) is 0 Å². The molecule has 0 aromatic heterocycles. The predicted molar refractivity (Wildman–Crippen MR) is 127 cm³/mol. The number of anilines is 1. The number of piperidine rings is 1. The lowest BCUT2D eigenvalue weighted by atomic mass is 9.95. The number of rotatable bonds is 7. The largest absolute Gasteiger partial charge is 0.338 e. The molecule has 3 rings (SSSR count). The molecule has 2 aromatic carbocycles. The van der Waals surface area contributed by atoms with Crippen LogP contribution in [0, 0.1) is 11.7 Å². The molecule has 9 heteroatoms. The van der Waals surface area contributed by atoms with Gasteiger partial charge in [0, 0.05) is 30.2 Å². The topological polar surface area (TPSA) is 69.7 Å². The zero-order valence-corrected chi connectivity index (χ0v) is 19.8. The maximum Gasteiger partial charge on any atom is 0.253 e. The molecule has 6 nitrogen and oxygen atoms in total. The lowest BCUT2D eigenvalue weighted by molar-refractivity contribution is -0.139. The van der Waals surface area contributed by atoms with Gasteiger partial charge in [-0.15, -0.1) is 0 Å². The van der Waals surface area contributed by atoms with Gasteiger partial charge in [-0.05, 0) is 61.7 Å². The maximum absolute atomic E-state index is 13.3. The third-order valence-electron chi connectivity index (χ3n) is 5.49. The Labute approximate surface area is 202 Å². The van der Waals surface area contributed by atoms with E-state index in [2.05, 4.69) is 5.32 Å². The third-order valence-corrected chi connectivity index (χ3v) is 6.06. The Balaban J connectivity index is 1.65. The van der Waals surface area contributed by atoms with E-state index in [0.717, 1.165) is 0 Å². The van der Waals surface area contributed by atoms with Crippen molar-refractivity contribution in [2.45, 2.75) is 26.2 Å². The van der Waals surface area contributed by atoms with E-state index in [1.165, 1.54) is 29.2 Å². The third kappa shape index (κ3) is 6.68. The lowest BCUT2D eigenvalue weighted by Gasteiger charge is -2.35. The van der Waals surface area contributed by atoms with Crippen molar-refractivity contribution in [1.29, 1.82) is 0 Å².